The molecule has 2 aliphatic carbocycles. The molecule has 0 saturated heterocycles. The minimum Gasteiger partial charge on any atom is -0.388 e. The highest BCUT2D eigenvalue weighted by Crippen LogP contribution is 2.47. The number of alkyl halides is 3. The quantitative estimate of drug-likeness (QED) is 0.884. The lowest BCUT2D eigenvalue weighted by atomic mass is 9.77. The SMILES string of the molecule is O=C(NCC1(O)CCCC(C(F)(F)F)C1)[C@@H]1C[C@H]1c1cccnc1. The first-order valence-electron chi connectivity index (χ1n) is 8.25. The third kappa shape index (κ3) is 3.88. The Bertz CT molecular complexity index is 593. The standard InChI is InChI=1S/C17H21F3N2O2/c18-17(19,20)12-4-1-5-16(24,8-12)10-22-15(23)14-7-13(14)11-3-2-6-21-9-11/h2-3,6,9,12-14,24H,1,4-5,7-8,10H2,(H,22,23)/t12?,13-,14+,16?/m0/s1. The molecule has 4 nitrogen and oxygen atoms in total. The molecule has 24 heavy (non-hydrogen) atoms. The highest BCUT2D eigenvalue weighted by Gasteiger charge is 2.48. The van der Waals surface area contributed by atoms with Crippen molar-refractivity contribution >= 4 is 5.91 Å². The number of carbonyl (C=O) groups excluding carboxylic acids is 1. The van der Waals surface area contributed by atoms with E-state index < -0.39 is 17.7 Å². The van der Waals surface area contributed by atoms with Crippen molar-refractivity contribution in [1.82, 2.24) is 10.3 Å². The zero-order chi connectivity index (χ0) is 17.4. The van der Waals surface area contributed by atoms with Crippen LogP contribution in [0.1, 0.15) is 43.6 Å². The average molecular weight is 342 g/mol. The fraction of sp³-hybridized carbons (Fsp3) is 0.647. The summed E-state index contributed by atoms with van der Waals surface area (Å²) in [5.74, 6) is -1.76. The van der Waals surface area contributed by atoms with Gasteiger partial charge >= 0.3 is 6.18 Å². The first kappa shape index (κ1) is 17.2. The molecule has 132 valence electrons. The second-order valence-corrected chi connectivity index (χ2v) is 7.01. The number of hydrogen-bond acceptors (Lipinski definition) is 3. The van der Waals surface area contributed by atoms with Crippen LogP contribution in [0, 0.1) is 11.8 Å². The van der Waals surface area contributed by atoms with Gasteiger partial charge in [0.15, 0.2) is 0 Å². The summed E-state index contributed by atoms with van der Waals surface area (Å²) in [6, 6.07) is 3.72. The van der Waals surface area contributed by atoms with Gasteiger partial charge in [0, 0.05) is 24.9 Å². The van der Waals surface area contributed by atoms with E-state index in [1.807, 2.05) is 12.1 Å². The molecule has 2 aliphatic rings. The lowest BCUT2D eigenvalue weighted by Gasteiger charge is -2.37. The summed E-state index contributed by atoms with van der Waals surface area (Å²) in [7, 11) is 0. The Labute approximate surface area is 138 Å². The number of carbonyl (C=O) groups is 1. The highest BCUT2D eigenvalue weighted by atomic mass is 19.4. The van der Waals surface area contributed by atoms with Gasteiger partial charge in [0.25, 0.3) is 0 Å². The van der Waals surface area contributed by atoms with Crippen LogP contribution in [0.5, 0.6) is 0 Å². The number of rotatable bonds is 4. The molecule has 0 radical (unpaired) electrons. The van der Waals surface area contributed by atoms with E-state index in [4.69, 9.17) is 0 Å². The van der Waals surface area contributed by atoms with Gasteiger partial charge < -0.3 is 10.4 Å². The summed E-state index contributed by atoms with van der Waals surface area (Å²) >= 11 is 0. The van der Waals surface area contributed by atoms with E-state index in [0.29, 0.717) is 12.8 Å². The van der Waals surface area contributed by atoms with Crippen molar-refractivity contribution in [2.75, 3.05) is 6.54 Å². The molecule has 1 heterocycles. The maximum absolute atomic E-state index is 12.9. The first-order chi connectivity index (χ1) is 11.3. The molecule has 2 N–H and O–H groups in total. The van der Waals surface area contributed by atoms with E-state index in [0.717, 1.165) is 5.56 Å². The number of halogens is 3. The summed E-state index contributed by atoms with van der Waals surface area (Å²) in [6.45, 7) is -0.116. The maximum atomic E-state index is 12.9. The number of nitrogens with one attached hydrogen (secondary N) is 1. The van der Waals surface area contributed by atoms with Crippen LogP contribution in [0.25, 0.3) is 0 Å². The molecule has 1 aromatic rings. The fourth-order valence-corrected chi connectivity index (χ4v) is 3.61. The van der Waals surface area contributed by atoms with E-state index >= 15 is 0 Å². The maximum Gasteiger partial charge on any atom is 0.391 e. The molecular formula is C17H21F3N2O2. The fourth-order valence-electron chi connectivity index (χ4n) is 3.61. The van der Waals surface area contributed by atoms with Crippen LogP contribution in [0.2, 0.25) is 0 Å². The summed E-state index contributed by atoms with van der Waals surface area (Å²) in [6.07, 6.45) is 0.117. The second-order valence-electron chi connectivity index (χ2n) is 7.01. The molecule has 0 aromatic carbocycles. The minimum atomic E-state index is -4.29. The number of hydrogen-bond donors (Lipinski definition) is 2. The Kier molecular flexibility index (Phi) is 4.55. The summed E-state index contributed by atoms with van der Waals surface area (Å²) in [4.78, 5) is 16.2. The molecule has 1 aromatic heterocycles. The molecule has 0 bridgehead atoms. The number of aliphatic hydroxyl groups is 1. The normalized spacial score (nSPS) is 33.1. The monoisotopic (exact) mass is 342 g/mol. The van der Waals surface area contributed by atoms with Gasteiger partial charge in [-0.25, -0.2) is 0 Å². The first-order valence-corrected chi connectivity index (χ1v) is 8.25. The number of nitrogens with zero attached hydrogens (tertiary/aromatic N) is 1. The van der Waals surface area contributed by atoms with E-state index in [2.05, 4.69) is 10.3 Å². The van der Waals surface area contributed by atoms with Gasteiger partial charge in [0.05, 0.1) is 11.5 Å². The van der Waals surface area contributed by atoms with Crippen LogP contribution in [0.3, 0.4) is 0 Å². The van der Waals surface area contributed by atoms with Crippen LogP contribution in [-0.2, 0) is 4.79 Å². The molecule has 2 unspecified atom stereocenters. The van der Waals surface area contributed by atoms with Gasteiger partial charge in [-0.05, 0) is 49.7 Å². The number of aromatic nitrogens is 1. The van der Waals surface area contributed by atoms with Crippen molar-refractivity contribution in [2.45, 2.75) is 49.8 Å². The van der Waals surface area contributed by atoms with Crippen molar-refractivity contribution in [3.05, 3.63) is 30.1 Å². The van der Waals surface area contributed by atoms with Crippen molar-refractivity contribution in [2.24, 2.45) is 11.8 Å². The van der Waals surface area contributed by atoms with Crippen LogP contribution >= 0.6 is 0 Å². The molecule has 7 heteroatoms. The highest BCUT2D eigenvalue weighted by molar-refractivity contribution is 5.82. The molecular weight excluding hydrogens is 321 g/mol. The Hall–Kier alpha value is -1.63. The van der Waals surface area contributed by atoms with Gasteiger partial charge in [-0.1, -0.05) is 6.07 Å². The zero-order valence-corrected chi connectivity index (χ0v) is 13.2. The zero-order valence-electron chi connectivity index (χ0n) is 13.2. The topological polar surface area (TPSA) is 62.2 Å². The smallest absolute Gasteiger partial charge is 0.388 e. The van der Waals surface area contributed by atoms with Crippen molar-refractivity contribution in [3.8, 4) is 0 Å². The molecule has 0 aliphatic heterocycles. The molecule has 1 amide bonds. The van der Waals surface area contributed by atoms with Gasteiger partial charge in [-0.2, -0.15) is 13.2 Å². The van der Waals surface area contributed by atoms with Gasteiger partial charge in [0.1, 0.15) is 0 Å². The van der Waals surface area contributed by atoms with Crippen molar-refractivity contribution in [1.29, 1.82) is 0 Å². The Morgan fingerprint density at radius 1 is 1.46 bits per heavy atom. The lowest BCUT2D eigenvalue weighted by molar-refractivity contribution is -0.199. The molecule has 0 spiro atoms. The summed E-state index contributed by atoms with van der Waals surface area (Å²) in [5, 5.41) is 13.1. The Morgan fingerprint density at radius 3 is 2.92 bits per heavy atom. The Balaban J connectivity index is 1.51. The van der Waals surface area contributed by atoms with Crippen LogP contribution < -0.4 is 5.32 Å². The molecule has 3 rings (SSSR count). The minimum absolute atomic E-state index is 0.0471. The number of amides is 1. The third-order valence-electron chi connectivity index (χ3n) is 5.12. The van der Waals surface area contributed by atoms with Crippen LogP contribution in [-0.4, -0.2) is 34.3 Å². The number of pyridine rings is 1. The molecule has 2 fully saturated rings. The average Bonchev–Trinajstić information content (AvgIpc) is 3.33. The van der Waals surface area contributed by atoms with Crippen LogP contribution in [0.4, 0.5) is 13.2 Å². The third-order valence-corrected chi connectivity index (χ3v) is 5.12. The van der Waals surface area contributed by atoms with E-state index in [1.165, 1.54) is 0 Å². The van der Waals surface area contributed by atoms with Gasteiger partial charge in [-0.15, -0.1) is 0 Å². The lowest BCUT2D eigenvalue weighted by Crippen LogP contribution is -2.48. The largest absolute Gasteiger partial charge is 0.391 e. The van der Waals surface area contributed by atoms with E-state index in [9.17, 15) is 23.1 Å². The van der Waals surface area contributed by atoms with Crippen molar-refractivity contribution in [3.63, 3.8) is 0 Å². The predicted octanol–water partition coefficient (Wildman–Crippen LogP) is 2.78. The van der Waals surface area contributed by atoms with Gasteiger partial charge in [-0.3, -0.25) is 9.78 Å². The Morgan fingerprint density at radius 2 is 2.25 bits per heavy atom. The van der Waals surface area contributed by atoms with E-state index in [-0.39, 0.29) is 43.6 Å². The second kappa shape index (κ2) is 6.35. The predicted molar refractivity (Wildman–Crippen MR) is 81.1 cm³/mol. The molecule has 4 atom stereocenters. The van der Waals surface area contributed by atoms with Crippen molar-refractivity contribution < 1.29 is 23.1 Å². The molecule has 2 saturated carbocycles. The van der Waals surface area contributed by atoms with E-state index in [1.54, 1.807) is 12.4 Å². The summed E-state index contributed by atoms with van der Waals surface area (Å²) in [5.41, 5.74) is -0.474. The summed E-state index contributed by atoms with van der Waals surface area (Å²) < 4.78 is 38.6. The van der Waals surface area contributed by atoms with Gasteiger partial charge in [0.2, 0.25) is 5.91 Å². The van der Waals surface area contributed by atoms with Crippen LogP contribution in [0.15, 0.2) is 24.5 Å².